The van der Waals surface area contributed by atoms with Crippen molar-refractivity contribution < 1.29 is 19.2 Å². The fourth-order valence-corrected chi connectivity index (χ4v) is 2.81. The van der Waals surface area contributed by atoms with E-state index in [1.165, 1.54) is 4.90 Å². The van der Waals surface area contributed by atoms with Gasteiger partial charge in [-0.1, -0.05) is 6.07 Å². The van der Waals surface area contributed by atoms with E-state index in [0.717, 1.165) is 31.1 Å². The summed E-state index contributed by atoms with van der Waals surface area (Å²) in [6, 6.07) is 7.41. The Kier molecular flexibility index (Phi) is 5.59. The number of hydrogen-bond acceptors (Lipinski definition) is 3. The van der Waals surface area contributed by atoms with Gasteiger partial charge in [0.25, 0.3) is 0 Å². The number of quaternary nitrogens is 1. The predicted molar refractivity (Wildman–Crippen MR) is 81.8 cm³/mol. The van der Waals surface area contributed by atoms with Crippen molar-refractivity contribution >= 4 is 11.6 Å². The molecule has 3 atom stereocenters. The Morgan fingerprint density at radius 1 is 1.38 bits per heavy atom. The van der Waals surface area contributed by atoms with Gasteiger partial charge in [-0.05, 0) is 26.0 Å². The molecule has 1 saturated heterocycles. The quantitative estimate of drug-likeness (QED) is 0.841. The van der Waals surface area contributed by atoms with Crippen molar-refractivity contribution in [1.29, 1.82) is 0 Å². The first-order valence-electron chi connectivity index (χ1n) is 7.49. The van der Waals surface area contributed by atoms with Crippen LogP contribution in [0.5, 0.6) is 5.75 Å². The minimum absolute atomic E-state index is 0.0440. The van der Waals surface area contributed by atoms with Gasteiger partial charge in [0, 0.05) is 11.8 Å². The molecule has 1 aromatic rings. The number of morpholine rings is 1. The molecule has 21 heavy (non-hydrogen) atoms. The molecule has 0 spiro atoms. The molecule has 5 nitrogen and oxygen atoms in total. The molecule has 2 rings (SSSR count). The van der Waals surface area contributed by atoms with Gasteiger partial charge in [-0.15, -0.1) is 0 Å². The van der Waals surface area contributed by atoms with Crippen LogP contribution < -0.4 is 15.0 Å². The van der Waals surface area contributed by atoms with Gasteiger partial charge in [0.2, 0.25) is 5.91 Å². The summed E-state index contributed by atoms with van der Waals surface area (Å²) >= 11 is 0. The molecule has 1 aliphatic rings. The Hall–Kier alpha value is -1.59. The van der Waals surface area contributed by atoms with Crippen LogP contribution in [0.25, 0.3) is 0 Å². The second kappa shape index (κ2) is 7.43. The number of hydrogen-bond donors (Lipinski definition) is 2. The molecule has 0 aromatic heterocycles. The van der Waals surface area contributed by atoms with E-state index in [1.54, 1.807) is 7.11 Å². The van der Waals surface area contributed by atoms with Crippen LogP contribution in [0.15, 0.2) is 24.3 Å². The molecular weight excluding hydrogens is 268 g/mol. The van der Waals surface area contributed by atoms with Crippen LogP contribution in [0.1, 0.15) is 20.3 Å². The van der Waals surface area contributed by atoms with Crippen LogP contribution in [0, 0.1) is 0 Å². The van der Waals surface area contributed by atoms with Crippen molar-refractivity contribution in [2.24, 2.45) is 0 Å². The van der Waals surface area contributed by atoms with Crippen molar-refractivity contribution in [2.75, 3.05) is 32.1 Å². The second-order valence-corrected chi connectivity index (χ2v) is 5.70. The van der Waals surface area contributed by atoms with E-state index in [1.807, 2.05) is 24.3 Å². The van der Waals surface area contributed by atoms with E-state index in [4.69, 9.17) is 9.47 Å². The highest BCUT2D eigenvalue weighted by Crippen LogP contribution is 2.16. The number of carbonyl (C=O) groups excluding carboxylic acids is 1. The summed E-state index contributed by atoms with van der Waals surface area (Å²) in [5.41, 5.74) is 0.776. The van der Waals surface area contributed by atoms with Gasteiger partial charge < -0.3 is 19.7 Å². The van der Waals surface area contributed by atoms with E-state index in [2.05, 4.69) is 19.2 Å². The lowest BCUT2D eigenvalue weighted by atomic mass is 10.2. The van der Waals surface area contributed by atoms with Crippen LogP contribution in [0.4, 0.5) is 5.69 Å². The number of anilines is 1. The molecule has 1 amide bonds. The number of ether oxygens (including phenoxy) is 2. The lowest BCUT2D eigenvalue weighted by Crippen LogP contribution is -3.15. The molecule has 1 heterocycles. The van der Waals surface area contributed by atoms with Gasteiger partial charge in [-0.3, -0.25) is 4.79 Å². The van der Waals surface area contributed by atoms with E-state index in [9.17, 15) is 4.79 Å². The highest BCUT2D eigenvalue weighted by molar-refractivity contribution is 5.90. The van der Waals surface area contributed by atoms with Gasteiger partial charge in [-0.2, -0.15) is 0 Å². The lowest BCUT2D eigenvalue weighted by molar-refractivity contribution is -0.914. The summed E-state index contributed by atoms with van der Waals surface area (Å²) in [4.78, 5) is 13.5. The smallest absolute Gasteiger partial charge is 0.230 e. The van der Waals surface area contributed by atoms with Crippen LogP contribution in [0.2, 0.25) is 0 Å². The number of amides is 1. The van der Waals surface area contributed by atoms with E-state index in [-0.39, 0.29) is 18.1 Å². The van der Waals surface area contributed by atoms with Crippen molar-refractivity contribution in [3.8, 4) is 5.75 Å². The monoisotopic (exact) mass is 293 g/mol. The summed E-state index contributed by atoms with van der Waals surface area (Å²) < 4.78 is 10.9. The number of benzene rings is 1. The van der Waals surface area contributed by atoms with Crippen molar-refractivity contribution in [1.82, 2.24) is 0 Å². The molecular formula is C16H25N2O3+. The lowest BCUT2D eigenvalue weighted by Gasteiger charge is -2.32. The topological polar surface area (TPSA) is 52.0 Å². The number of carbonyl (C=O) groups is 1. The Bertz CT molecular complexity index is 468. The Balaban J connectivity index is 1.79. The van der Waals surface area contributed by atoms with Crippen LogP contribution in [0.3, 0.4) is 0 Å². The summed E-state index contributed by atoms with van der Waals surface area (Å²) in [6.07, 6.45) is 1.06. The Labute approximate surface area is 126 Å². The molecule has 1 unspecified atom stereocenters. The number of rotatable bonds is 5. The van der Waals surface area contributed by atoms with Crippen LogP contribution in [-0.4, -0.2) is 44.9 Å². The fourth-order valence-electron chi connectivity index (χ4n) is 2.81. The third kappa shape index (κ3) is 5.02. The molecule has 5 heteroatoms. The molecule has 1 fully saturated rings. The highest BCUT2D eigenvalue weighted by Gasteiger charge is 2.25. The molecule has 1 aliphatic heterocycles. The van der Waals surface area contributed by atoms with Gasteiger partial charge in [-0.25, -0.2) is 0 Å². The number of methoxy groups -OCH3 is 1. The predicted octanol–water partition coefficient (Wildman–Crippen LogP) is 0.716. The molecule has 0 radical (unpaired) electrons. The van der Waals surface area contributed by atoms with E-state index < -0.39 is 0 Å². The van der Waals surface area contributed by atoms with Gasteiger partial charge >= 0.3 is 0 Å². The maximum Gasteiger partial charge on any atom is 0.230 e. The largest absolute Gasteiger partial charge is 0.497 e. The highest BCUT2D eigenvalue weighted by atomic mass is 16.5. The van der Waals surface area contributed by atoms with Crippen LogP contribution in [-0.2, 0) is 9.53 Å². The molecule has 0 saturated carbocycles. The molecule has 0 bridgehead atoms. The molecule has 1 aromatic carbocycles. The fraction of sp³-hybridized carbons (Fsp3) is 0.562. The van der Waals surface area contributed by atoms with Crippen molar-refractivity contribution in [2.45, 2.75) is 32.5 Å². The van der Waals surface area contributed by atoms with Crippen LogP contribution >= 0.6 is 0 Å². The zero-order valence-corrected chi connectivity index (χ0v) is 13.0. The minimum atomic E-state index is 0.0440. The second-order valence-electron chi connectivity index (χ2n) is 5.70. The van der Waals surface area contributed by atoms with Gasteiger partial charge in [0.15, 0.2) is 0 Å². The first-order valence-corrected chi connectivity index (χ1v) is 7.49. The molecule has 2 N–H and O–H groups in total. The maximum atomic E-state index is 12.0. The normalized spacial score (nSPS) is 25.4. The summed E-state index contributed by atoms with van der Waals surface area (Å²) in [6.45, 7) is 6.96. The zero-order chi connectivity index (χ0) is 15.2. The van der Waals surface area contributed by atoms with Crippen molar-refractivity contribution in [3.63, 3.8) is 0 Å². The average molecular weight is 293 g/mol. The Morgan fingerprint density at radius 2 is 2.10 bits per heavy atom. The van der Waals surface area contributed by atoms with E-state index in [0.29, 0.717) is 6.42 Å². The van der Waals surface area contributed by atoms with Gasteiger partial charge in [0.1, 0.15) is 31.0 Å². The minimum Gasteiger partial charge on any atom is -0.497 e. The zero-order valence-electron chi connectivity index (χ0n) is 13.0. The summed E-state index contributed by atoms with van der Waals surface area (Å²) in [7, 11) is 1.62. The summed E-state index contributed by atoms with van der Waals surface area (Å²) in [5.74, 6) is 0.789. The first-order chi connectivity index (χ1) is 10.1. The van der Waals surface area contributed by atoms with E-state index >= 15 is 0 Å². The third-order valence-electron chi connectivity index (χ3n) is 3.68. The summed E-state index contributed by atoms with van der Waals surface area (Å²) in [5, 5.41) is 2.92. The van der Waals surface area contributed by atoms with Gasteiger partial charge in [0.05, 0.1) is 20.1 Å². The first kappa shape index (κ1) is 15.8. The number of nitrogens with one attached hydrogen (secondary N) is 2. The van der Waals surface area contributed by atoms with Crippen molar-refractivity contribution in [3.05, 3.63) is 24.3 Å². The third-order valence-corrected chi connectivity index (χ3v) is 3.68. The Morgan fingerprint density at radius 3 is 2.76 bits per heavy atom. The SMILES string of the molecule is COc1cccc(NC(=O)CC[NH+]2C[C@@H](C)O[C@@H](C)C2)c1. The molecule has 0 aliphatic carbocycles. The maximum absolute atomic E-state index is 12.0. The standard InChI is InChI=1S/C16H24N2O3/c1-12-10-18(11-13(2)21-12)8-7-16(19)17-14-5-4-6-15(9-14)20-3/h4-6,9,12-13H,7-8,10-11H2,1-3H3,(H,17,19)/p+1/t12-,13+. The average Bonchev–Trinajstić information content (AvgIpc) is 2.44. The molecule has 116 valence electrons.